The first-order valence-corrected chi connectivity index (χ1v) is 7.61. The normalized spacial score (nSPS) is 10.6. The van der Waals surface area contributed by atoms with E-state index >= 15 is 0 Å². The van der Waals surface area contributed by atoms with Crippen LogP contribution >= 0.6 is 0 Å². The summed E-state index contributed by atoms with van der Waals surface area (Å²) in [5, 5.41) is 29.5. The molecule has 0 spiro atoms. The summed E-state index contributed by atoms with van der Waals surface area (Å²) in [4.78, 5) is 34.2. The second kappa shape index (κ2) is 8.82. The maximum atomic E-state index is 12.4. The molecule has 0 fully saturated rings. The minimum Gasteiger partial charge on any atom is -0.481 e. The fraction of sp³-hybridized carbons (Fsp3) is 0.0526. The van der Waals surface area contributed by atoms with Crippen LogP contribution in [0.3, 0.4) is 0 Å². The molecule has 0 aliphatic carbocycles. The molecule has 0 radical (unpaired) electrons. The Balaban J connectivity index is 2.30. The van der Waals surface area contributed by atoms with Crippen LogP contribution in [0.2, 0.25) is 0 Å². The van der Waals surface area contributed by atoms with Crippen LogP contribution in [0.5, 0.6) is 5.75 Å². The van der Waals surface area contributed by atoms with E-state index in [-0.39, 0.29) is 22.6 Å². The second-order valence-corrected chi connectivity index (χ2v) is 5.19. The van der Waals surface area contributed by atoms with Crippen molar-refractivity contribution in [1.29, 1.82) is 5.26 Å². The molecule has 0 heterocycles. The minimum atomic E-state index is -1.22. The van der Waals surface area contributed by atoms with Crippen molar-refractivity contribution in [2.45, 2.75) is 0 Å². The number of rotatable bonds is 7. The van der Waals surface area contributed by atoms with Gasteiger partial charge >= 0.3 is 11.9 Å². The van der Waals surface area contributed by atoms with Crippen molar-refractivity contribution in [2.24, 2.45) is 0 Å². The van der Waals surface area contributed by atoms with E-state index in [4.69, 9.17) is 14.9 Å². The fourth-order valence-corrected chi connectivity index (χ4v) is 2.14. The lowest BCUT2D eigenvalue weighted by molar-refractivity contribution is -0.139. The Morgan fingerprint density at radius 2 is 1.74 bits per heavy atom. The Labute approximate surface area is 153 Å². The van der Waals surface area contributed by atoms with Gasteiger partial charge in [0.05, 0.1) is 11.3 Å². The third-order valence-corrected chi connectivity index (χ3v) is 3.34. The maximum Gasteiger partial charge on any atom is 0.341 e. The zero-order valence-electron chi connectivity index (χ0n) is 13.9. The van der Waals surface area contributed by atoms with E-state index in [2.05, 4.69) is 5.32 Å². The van der Waals surface area contributed by atoms with E-state index in [1.807, 2.05) is 0 Å². The molecule has 0 aliphatic rings. The molecule has 2 aromatic rings. The number of carbonyl (C=O) groups is 3. The standard InChI is InChI=1S/C19H14N2O6/c20-10-13(9-12-5-1-4-8-16(12)27-11-17(22)23)18(24)21-15-7-3-2-6-14(15)19(25)26/h1-9H,11H2,(H,21,24)(H,22,23)(H,25,26). The van der Waals surface area contributed by atoms with Crippen molar-refractivity contribution in [1.82, 2.24) is 0 Å². The molecule has 0 saturated carbocycles. The average Bonchev–Trinajstić information content (AvgIpc) is 2.65. The molecular formula is C19H14N2O6. The largest absolute Gasteiger partial charge is 0.481 e. The number of aromatic carboxylic acids is 1. The molecule has 8 nitrogen and oxygen atoms in total. The van der Waals surface area contributed by atoms with E-state index in [0.717, 1.165) is 0 Å². The van der Waals surface area contributed by atoms with Crippen LogP contribution in [0.15, 0.2) is 54.1 Å². The molecule has 0 bridgehead atoms. The molecule has 8 heteroatoms. The molecule has 0 unspecified atom stereocenters. The van der Waals surface area contributed by atoms with Crippen LogP contribution in [0.25, 0.3) is 6.08 Å². The first-order valence-electron chi connectivity index (χ1n) is 7.61. The van der Waals surface area contributed by atoms with Gasteiger partial charge in [-0.2, -0.15) is 5.26 Å². The highest BCUT2D eigenvalue weighted by Gasteiger charge is 2.15. The van der Waals surface area contributed by atoms with Gasteiger partial charge in [-0.05, 0) is 24.3 Å². The lowest BCUT2D eigenvalue weighted by Gasteiger charge is -2.09. The minimum absolute atomic E-state index is 0.0477. The Morgan fingerprint density at radius 3 is 2.41 bits per heavy atom. The number of para-hydroxylation sites is 2. The molecule has 0 aromatic heterocycles. The van der Waals surface area contributed by atoms with Crippen LogP contribution < -0.4 is 10.1 Å². The topological polar surface area (TPSA) is 137 Å². The SMILES string of the molecule is N#CC(=Cc1ccccc1OCC(=O)O)C(=O)Nc1ccccc1C(=O)O. The third-order valence-electron chi connectivity index (χ3n) is 3.34. The lowest BCUT2D eigenvalue weighted by atomic mass is 10.1. The predicted molar refractivity (Wildman–Crippen MR) is 95.2 cm³/mol. The first kappa shape index (κ1) is 19.2. The van der Waals surface area contributed by atoms with Gasteiger partial charge < -0.3 is 20.3 Å². The number of nitriles is 1. The van der Waals surface area contributed by atoms with Crippen molar-refractivity contribution >= 4 is 29.6 Å². The highest BCUT2D eigenvalue weighted by molar-refractivity contribution is 6.11. The van der Waals surface area contributed by atoms with Crippen molar-refractivity contribution in [2.75, 3.05) is 11.9 Å². The maximum absolute atomic E-state index is 12.4. The predicted octanol–water partition coefficient (Wildman–Crippen LogP) is 2.39. The number of hydrogen-bond acceptors (Lipinski definition) is 5. The van der Waals surface area contributed by atoms with Gasteiger partial charge in [0, 0.05) is 5.56 Å². The number of benzene rings is 2. The number of carboxylic acids is 2. The van der Waals surface area contributed by atoms with E-state index < -0.39 is 24.5 Å². The van der Waals surface area contributed by atoms with Crippen molar-refractivity contribution in [3.05, 3.63) is 65.2 Å². The van der Waals surface area contributed by atoms with Crippen molar-refractivity contribution in [3.8, 4) is 11.8 Å². The van der Waals surface area contributed by atoms with Gasteiger partial charge in [0.15, 0.2) is 6.61 Å². The molecule has 2 aromatic carbocycles. The zero-order valence-corrected chi connectivity index (χ0v) is 13.9. The number of carboxylic acid groups (broad SMARTS) is 2. The summed E-state index contributed by atoms with van der Waals surface area (Å²) in [6, 6.07) is 13.8. The molecule has 27 heavy (non-hydrogen) atoms. The number of amides is 1. The number of nitrogens with zero attached hydrogens (tertiary/aromatic N) is 1. The van der Waals surface area contributed by atoms with Gasteiger partial charge in [-0.1, -0.05) is 30.3 Å². The van der Waals surface area contributed by atoms with Gasteiger partial charge in [0.25, 0.3) is 5.91 Å². The highest BCUT2D eigenvalue weighted by atomic mass is 16.5. The number of anilines is 1. The molecule has 0 saturated heterocycles. The van der Waals surface area contributed by atoms with Crippen LogP contribution in [0.4, 0.5) is 5.69 Å². The molecule has 0 aliphatic heterocycles. The Bertz CT molecular complexity index is 959. The zero-order chi connectivity index (χ0) is 19.8. The second-order valence-electron chi connectivity index (χ2n) is 5.19. The quantitative estimate of drug-likeness (QED) is 0.505. The fourth-order valence-electron chi connectivity index (χ4n) is 2.14. The van der Waals surface area contributed by atoms with E-state index in [1.54, 1.807) is 30.3 Å². The van der Waals surface area contributed by atoms with Crippen molar-refractivity contribution < 1.29 is 29.3 Å². The lowest BCUT2D eigenvalue weighted by Crippen LogP contribution is -2.16. The van der Waals surface area contributed by atoms with Gasteiger partial charge in [0.1, 0.15) is 17.4 Å². The number of ether oxygens (including phenoxy) is 1. The first-order chi connectivity index (χ1) is 12.9. The summed E-state index contributed by atoms with van der Waals surface area (Å²) >= 11 is 0. The van der Waals surface area contributed by atoms with Crippen LogP contribution in [-0.4, -0.2) is 34.7 Å². The summed E-state index contributed by atoms with van der Waals surface area (Å²) in [5.41, 5.74) is -0.0431. The van der Waals surface area contributed by atoms with Crippen LogP contribution in [0.1, 0.15) is 15.9 Å². The molecule has 136 valence electrons. The summed E-state index contributed by atoms with van der Waals surface area (Å²) in [6.07, 6.45) is 1.23. The van der Waals surface area contributed by atoms with Crippen molar-refractivity contribution in [3.63, 3.8) is 0 Å². The summed E-state index contributed by atoms with van der Waals surface area (Å²) in [7, 11) is 0. The average molecular weight is 366 g/mol. The molecule has 3 N–H and O–H groups in total. The molecule has 1 amide bonds. The number of aliphatic carboxylic acids is 1. The van der Waals surface area contributed by atoms with E-state index in [1.165, 1.54) is 30.3 Å². The van der Waals surface area contributed by atoms with E-state index in [0.29, 0.717) is 5.56 Å². The number of carbonyl (C=O) groups excluding carboxylic acids is 1. The van der Waals surface area contributed by atoms with Gasteiger partial charge in [-0.3, -0.25) is 4.79 Å². The Hall–Kier alpha value is -4.12. The molecule has 2 rings (SSSR count). The van der Waals surface area contributed by atoms with Gasteiger partial charge in [-0.25, -0.2) is 9.59 Å². The van der Waals surface area contributed by atoms with Gasteiger partial charge in [0.2, 0.25) is 0 Å². The van der Waals surface area contributed by atoms with Gasteiger partial charge in [-0.15, -0.1) is 0 Å². The summed E-state index contributed by atoms with van der Waals surface area (Å²) in [6.45, 7) is -0.578. The Morgan fingerprint density at radius 1 is 1.07 bits per heavy atom. The summed E-state index contributed by atoms with van der Waals surface area (Å²) in [5.74, 6) is -3.01. The number of hydrogen-bond donors (Lipinski definition) is 3. The molecular weight excluding hydrogens is 352 g/mol. The summed E-state index contributed by atoms with van der Waals surface area (Å²) < 4.78 is 5.13. The highest BCUT2D eigenvalue weighted by Crippen LogP contribution is 2.22. The Kier molecular flexibility index (Phi) is 6.28. The third kappa shape index (κ3) is 5.17. The molecule has 0 atom stereocenters. The van der Waals surface area contributed by atoms with E-state index in [9.17, 15) is 19.6 Å². The number of nitrogens with one attached hydrogen (secondary N) is 1. The monoisotopic (exact) mass is 366 g/mol. The smallest absolute Gasteiger partial charge is 0.341 e. The van der Waals surface area contributed by atoms with Crippen LogP contribution in [-0.2, 0) is 9.59 Å². The van der Waals surface area contributed by atoms with Crippen LogP contribution in [0, 0.1) is 11.3 Å².